The van der Waals surface area contributed by atoms with E-state index in [0.717, 1.165) is 22.0 Å². The van der Waals surface area contributed by atoms with E-state index in [-0.39, 0.29) is 17.9 Å². The Bertz CT molecular complexity index is 998. The van der Waals surface area contributed by atoms with Crippen molar-refractivity contribution in [2.24, 2.45) is 0 Å². The second-order valence-corrected chi connectivity index (χ2v) is 7.06. The lowest BCUT2D eigenvalue weighted by atomic mass is 10.0. The van der Waals surface area contributed by atoms with Gasteiger partial charge in [-0.2, -0.15) is 0 Å². The van der Waals surface area contributed by atoms with Crippen LogP contribution in [-0.4, -0.2) is 27.9 Å². The smallest absolute Gasteiger partial charge is 0.306 e. The summed E-state index contributed by atoms with van der Waals surface area (Å²) in [6, 6.07) is 19.6. The normalized spacial score (nSPS) is 17.3. The molecule has 0 spiro atoms. The molecule has 142 valence electrons. The molecule has 0 bridgehead atoms. The number of rotatable bonds is 5. The maximum Gasteiger partial charge on any atom is 0.306 e. The average Bonchev–Trinajstić information content (AvgIpc) is 3.18. The van der Waals surface area contributed by atoms with Crippen molar-refractivity contribution in [1.29, 1.82) is 0 Å². The van der Waals surface area contributed by atoms with Gasteiger partial charge in [-0.05, 0) is 30.2 Å². The lowest BCUT2D eigenvalue weighted by Crippen LogP contribution is -2.40. The average molecular weight is 374 g/mol. The van der Waals surface area contributed by atoms with E-state index in [1.54, 1.807) is 11.1 Å². The number of esters is 1. The number of benzene rings is 2. The Morgan fingerprint density at radius 2 is 1.89 bits per heavy atom. The van der Waals surface area contributed by atoms with Gasteiger partial charge in [0, 0.05) is 31.0 Å². The molecule has 2 atom stereocenters. The van der Waals surface area contributed by atoms with Crippen LogP contribution in [0.1, 0.15) is 36.9 Å². The summed E-state index contributed by atoms with van der Waals surface area (Å²) in [7, 11) is 0. The van der Waals surface area contributed by atoms with Crippen LogP contribution in [0.2, 0.25) is 0 Å². The van der Waals surface area contributed by atoms with Gasteiger partial charge in [-0.15, -0.1) is 0 Å². The molecule has 1 aliphatic heterocycles. The number of aromatic nitrogens is 1. The topological polar surface area (TPSA) is 59.5 Å². The number of para-hydroxylation sites is 1. The predicted octanol–water partition coefficient (Wildman–Crippen LogP) is 4.03. The number of fused-ring (bicyclic) bond motifs is 1. The van der Waals surface area contributed by atoms with Crippen LogP contribution in [0.25, 0.3) is 10.9 Å². The molecular weight excluding hydrogens is 352 g/mol. The van der Waals surface area contributed by atoms with E-state index in [2.05, 4.69) is 4.98 Å². The van der Waals surface area contributed by atoms with Crippen LogP contribution in [0.3, 0.4) is 0 Å². The van der Waals surface area contributed by atoms with Gasteiger partial charge in [-0.25, -0.2) is 0 Å². The molecule has 2 aromatic carbocycles. The van der Waals surface area contributed by atoms with Crippen molar-refractivity contribution < 1.29 is 14.3 Å². The molecule has 0 aliphatic carbocycles. The molecule has 4 rings (SSSR count). The summed E-state index contributed by atoms with van der Waals surface area (Å²) in [5, 5.41) is 1.02. The largest absolute Gasteiger partial charge is 0.452 e. The first kappa shape index (κ1) is 18.2. The van der Waals surface area contributed by atoms with E-state index in [1.165, 1.54) is 0 Å². The lowest BCUT2D eigenvalue weighted by molar-refractivity contribution is -0.154. The summed E-state index contributed by atoms with van der Waals surface area (Å²) in [6.07, 6.45) is 1.80. The Morgan fingerprint density at radius 3 is 2.64 bits per heavy atom. The molecule has 0 N–H and O–H groups in total. The molecule has 1 aromatic heterocycles. The Labute approximate surface area is 163 Å². The number of amides is 1. The van der Waals surface area contributed by atoms with Gasteiger partial charge in [-0.1, -0.05) is 48.5 Å². The maximum atomic E-state index is 13.3. The van der Waals surface area contributed by atoms with Crippen LogP contribution >= 0.6 is 0 Å². The van der Waals surface area contributed by atoms with Gasteiger partial charge >= 0.3 is 5.97 Å². The summed E-state index contributed by atoms with van der Waals surface area (Å²) in [4.78, 5) is 31.0. The number of pyridine rings is 1. The van der Waals surface area contributed by atoms with Crippen molar-refractivity contribution in [3.8, 4) is 0 Å². The van der Waals surface area contributed by atoms with Crippen molar-refractivity contribution in [2.45, 2.75) is 38.5 Å². The molecule has 5 heteroatoms. The van der Waals surface area contributed by atoms with Crippen LogP contribution in [-0.2, 0) is 20.9 Å². The Balaban J connectivity index is 1.70. The van der Waals surface area contributed by atoms with Crippen LogP contribution in [0.15, 0.2) is 66.9 Å². The molecule has 0 radical (unpaired) electrons. The number of carbonyl (C=O) groups is 2. The number of hydrogen-bond donors (Lipinski definition) is 0. The van der Waals surface area contributed by atoms with Gasteiger partial charge < -0.3 is 9.64 Å². The first-order valence-corrected chi connectivity index (χ1v) is 9.51. The minimum atomic E-state index is -0.702. The molecule has 28 heavy (non-hydrogen) atoms. The fourth-order valence-corrected chi connectivity index (χ4v) is 3.68. The van der Waals surface area contributed by atoms with Gasteiger partial charge in [0.1, 0.15) is 0 Å². The number of ether oxygens (including phenoxy) is 1. The van der Waals surface area contributed by atoms with Gasteiger partial charge in [0.05, 0.1) is 11.6 Å². The first-order chi connectivity index (χ1) is 13.6. The third kappa shape index (κ3) is 3.60. The molecule has 1 saturated heterocycles. The molecule has 0 saturated carbocycles. The molecule has 2 heterocycles. The summed E-state index contributed by atoms with van der Waals surface area (Å²) in [5.41, 5.74) is 2.96. The van der Waals surface area contributed by atoms with Crippen molar-refractivity contribution >= 4 is 22.8 Å². The van der Waals surface area contributed by atoms with Gasteiger partial charge in [-0.3, -0.25) is 14.6 Å². The van der Waals surface area contributed by atoms with Crippen molar-refractivity contribution in [2.75, 3.05) is 0 Å². The fourth-order valence-electron chi connectivity index (χ4n) is 3.68. The molecule has 1 fully saturated rings. The predicted molar refractivity (Wildman–Crippen MR) is 106 cm³/mol. The SMILES string of the molecule is C[C@@H](c1ccccc1)N(Cc1ccnc2ccccc12)C(=O)[C@@H]1CCC(=O)O1. The Morgan fingerprint density at radius 1 is 1.14 bits per heavy atom. The highest BCUT2D eigenvalue weighted by Gasteiger charge is 2.35. The lowest BCUT2D eigenvalue weighted by Gasteiger charge is -2.31. The third-order valence-electron chi connectivity index (χ3n) is 5.27. The van der Waals surface area contributed by atoms with Gasteiger partial charge in [0.15, 0.2) is 6.10 Å². The summed E-state index contributed by atoms with van der Waals surface area (Å²) in [5.74, 6) is -0.455. The van der Waals surface area contributed by atoms with Crippen LogP contribution < -0.4 is 0 Å². The zero-order chi connectivity index (χ0) is 19.5. The summed E-state index contributed by atoms with van der Waals surface area (Å²) in [6.45, 7) is 2.43. The maximum absolute atomic E-state index is 13.3. The Hall–Kier alpha value is -3.21. The molecule has 5 nitrogen and oxygen atoms in total. The van der Waals surface area contributed by atoms with E-state index in [4.69, 9.17) is 4.74 Å². The molecular formula is C23H22N2O3. The number of cyclic esters (lactones) is 1. The van der Waals surface area contributed by atoms with E-state index < -0.39 is 6.10 Å². The van der Waals surface area contributed by atoms with E-state index in [0.29, 0.717) is 19.4 Å². The van der Waals surface area contributed by atoms with Crippen LogP contribution in [0.4, 0.5) is 0 Å². The van der Waals surface area contributed by atoms with Gasteiger partial charge in [0.2, 0.25) is 0 Å². The minimum Gasteiger partial charge on any atom is -0.452 e. The number of hydrogen-bond acceptors (Lipinski definition) is 4. The van der Waals surface area contributed by atoms with Crippen LogP contribution in [0, 0.1) is 0 Å². The standard InChI is InChI=1S/C23H22N2O3/c1-16(17-7-3-2-4-8-17)25(23(27)21-11-12-22(26)28-21)15-18-13-14-24-20-10-6-5-9-19(18)20/h2-10,13-14,16,21H,11-12,15H2,1H3/t16-,21-/m0/s1. The highest BCUT2D eigenvalue weighted by molar-refractivity contribution is 5.87. The highest BCUT2D eigenvalue weighted by Crippen LogP contribution is 2.28. The second-order valence-electron chi connectivity index (χ2n) is 7.06. The van der Waals surface area contributed by atoms with Crippen molar-refractivity contribution in [3.05, 3.63) is 78.0 Å². The molecule has 1 amide bonds. The molecule has 0 unspecified atom stereocenters. The fraction of sp³-hybridized carbons (Fsp3) is 0.261. The monoisotopic (exact) mass is 374 g/mol. The quantitative estimate of drug-likeness (QED) is 0.633. The number of carbonyl (C=O) groups excluding carboxylic acids is 2. The first-order valence-electron chi connectivity index (χ1n) is 9.51. The highest BCUT2D eigenvalue weighted by atomic mass is 16.6. The molecule has 3 aromatic rings. The number of nitrogens with zero attached hydrogens (tertiary/aromatic N) is 2. The van der Waals surface area contributed by atoms with E-state index in [9.17, 15) is 9.59 Å². The van der Waals surface area contributed by atoms with E-state index >= 15 is 0 Å². The van der Waals surface area contributed by atoms with Crippen molar-refractivity contribution in [3.63, 3.8) is 0 Å². The minimum absolute atomic E-state index is 0.150. The van der Waals surface area contributed by atoms with Gasteiger partial charge in [0.25, 0.3) is 5.91 Å². The van der Waals surface area contributed by atoms with Crippen molar-refractivity contribution in [1.82, 2.24) is 9.88 Å². The third-order valence-corrected chi connectivity index (χ3v) is 5.27. The Kier molecular flexibility index (Phi) is 5.06. The van der Waals surface area contributed by atoms with E-state index in [1.807, 2.05) is 67.6 Å². The summed E-state index contributed by atoms with van der Waals surface area (Å²) < 4.78 is 5.27. The zero-order valence-electron chi connectivity index (χ0n) is 15.7. The second kappa shape index (κ2) is 7.80. The summed E-state index contributed by atoms with van der Waals surface area (Å²) >= 11 is 0. The molecule has 1 aliphatic rings. The van der Waals surface area contributed by atoms with Crippen LogP contribution in [0.5, 0.6) is 0 Å². The zero-order valence-corrected chi connectivity index (χ0v) is 15.7.